The molecule has 0 heterocycles. The van der Waals surface area contributed by atoms with Crippen LogP contribution in [-0.4, -0.2) is 18.1 Å². The van der Waals surface area contributed by atoms with Crippen molar-refractivity contribution in [2.75, 3.05) is 7.11 Å². The van der Waals surface area contributed by atoms with Crippen LogP contribution in [0.3, 0.4) is 0 Å². The van der Waals surface area contributed by atoms with Gasteiger partial charge in [0.05, 0.1) is 7.11 Å². The molecule has 116 valence electrons. The molecule has 0 aliphatic heterocycles. The highest BCUT2D eigenvalue weighted by atomic mass is 19.2. The molecule has 4 heteroatoms. The van der Waals surface area contributed by atoms with Gasteiger partial charge in [0.1, 0.15) is 5.75 Å². The van der Waals surface area contributed by atoms with Crippen molar-refractivity contribution in [1.29, 1.82) is 0 Å². The Bertz CT molecular complexity index is 638. The van der Waals surface area contributed by atoms with E-state index in [0.29, 0.717) is 12.6 Å². The highest BCUT2D eigenvalue weighted by Crippen LogP contribution is 2.30. The molecule has 2 aromatic rings. The Balaban J connectivity index is 1.70. The number of methoxy groups -OCH3 is 1. The molecule has 2 nitrogen and oxygen atoms in total. The van der Waals surface area contributed by atoms with Gasteiger partial charge in [-0.15, -0.1) is 0 Å². The number of halogens is 2. The third kappa shape index (κ3) is 3.63. The number of hydrogen-bond acceptors (Lipinski definition) is 2. The van der Waals surface area contributed by atoms with Crippen LogP contribution in [0.15, 0.2) is 42.5 Å². The topological polar surface area (TPSA) is 12.5 Å². The highest BCUT2D eigenvalue weighted by molar-refractivity contribution is 5.27. The van der Waals surface area contributed by atoms with Gasteiger partial charge in [-0.05, 0) is 48.2 Å². The predicted molar refractivity (Wildman–Crippen MR) is 81.6 cm³/mol. The Kier molecular flexibility index (Phi) is 4.39. The first kappa shape index (κ1) is 15.0. The van der Waals surface area contributed by atoms with Gasteiger partial charge in [-0.3, -0.25) is 4.90 Å². The average Bonchev–Trinajstić information content (AvgIpc) is 3.36. The van der Waals surface area contributed by atoms with E-state index < -0.39 is 11.6 Å². The van der Waals surface area contributed by atoms with Crippen molar-refractivity contribution in [2.45, 2.75) is 32.0 Å². The molecule has 0 bridgehead atoms. The van der Waals surface area contributed by atoms with Gasteiger partial charge in [0.15, 0.2) is 11.6 Å². The van der Waals surface area contributed by atoms with Gasteiger partial charge in [0.25, 0.3) is 0 Å². The largest absolute Gasteiger partial charge is 0.497 e. The van der Waals surface area contributed by atoms with Gasteiger partial charge >= 0.3 is 0 Å². The number of rotatable bonds is 6. The molecule has 0 atom stereocenters. The van der Waals surface area contributed by atoms with Crippen LogP contribution in [0.2, 0.25) is 0 Å². The van der Waals surface area contributed by atoms with Gasteiger partial charge in [-0.25, -0.2) is 8.78 Å². The lowest BCUT2D eigenvalue weighted by molar-refractivity contribution is 0.245. The van der Waals surface area contributed by atoms with Crippen LogP contribution >= 0.6 is 0 Å². The summed E-state index contributed by atoms with van der Waals surface area (Å²) < 4.78 is 31.5. The molecular formula is C18H19F2NO. The fraction of sp³-hybridized carbons (Fsp3) is 0.333. The van der Waals surface area contributed by atoms with Crippen LogP contribution in [0.5, 0.6) is 5.75 Å². The molecule has 0 radical (unpaired) electrons. The zero-order valence-corrected chi connectivity index (χ0v) is 12.6. The first-order valence-corrected chi connectivity index (χ1v) is 7.46. The molecule has 0 N–H and O–H groups in total. The maximum atomic E-state index is 13.3. The average molecular weight is 303 g/mol. The molecule has 2 aromatic carbocycles. The van der Waals surface area contributed by atoms with Crippen LogP contribution in [0.25, 0.3) is 0 Å². The molecule has 0 unspecified atom stereocenters. The van der Waals surface area contributed by atoms with E-state index in [2.05, 4.69) is 4.90 Å². The predicted octanol–water partition coefficient (Wildman–Crippen LogP) is 4.14. The normalized spacial score (nSPS) is 14.4. The molecule has 0 aromatic heterocycles. The molecular weight excluding hydrogens is 284 g/mol. The fourth-order valence-electron chi connectivity index (χ4n) is 2.59. The first-order chi connectivity index (χ1) is 10.7. The fourth-order valence-corrected chi connectivity index (χ4v) is 2.59. The van der Waals surface area contributed by atoms with Crippen molar-refractivity contribution in [3.63, 3.8) is 0 Å². The second kappa shape index (κ2) is 6.44. The maximum Gasteiger partial charge on any atom is 0.159 e. The minimum absolute atomic E-state index is 0.537. The summed E-state index contributed by atoms with van der Waals surface area (Å²) in [4.78, 5) is 2.31. The minimum Gasteiger partial charge on any atom is -0.497 e. The van der Waals surface area contributed by atoms with Crippen LogP contribution < -0.4 is 4.74 Å². The monoisotopic (exact) mass is 303 g/mol. The zero-order valence-electron chi connectivity index (χ0n) is 12.6. The Hall–Kier alpha value is -1.94. The lowest BCUT2D eigenvalue weighted by atomic mass is 10.1. The summed E-state index contributed by atoms with van der Waals surface area (Å²) >= 11 is 0. The smallest absolute Gasteiger partial charge is 0.159 e. The molecule has 3 rings (SSSR count). The summed E-state index contributed by atoms with van der Waals surface area (Å²) in [6.45, 7) is 1.43. The van der Waals surface area contributed by atoms with E-state index in [1.54, 1.807) is 13.2 Å². The summed E-state index contributed by atoms with van der Waals surface area (Å²) in [7, 11) is 1.65. The van der Waals surface area contributed by atoms with Crippen molar-refractivity contribution in [1.82, 2.24) is 4.90 Å². The first-order valence-electron chi connectivity index (χ1n) is 7.46. The summed E-state index contributed by atoms with van der Waals surface area (Å²) in [5.74, 6) is -0.739. The number of ether oxygens (including phenoxy) is 1. The molecule has 22 heavy (non-hydrogen) atoms. The van der Waals surface area contributed by atoms with E-state index >= 15 is 0 Å². The summed E-state index contributed by atoms with van der Waals surface area (Å²) in [5, 5.41) is 0. The third-order valence-electron chi connectivity index (χ3n) is 3.98. The molecule has 0 saturated heterocycles. The standard InChI is InChI=1S/C18H19F2NO/c1-22-16-7-2-13(3-8-16)11-21(15-5-6-15)12-14-4-9-17(19)18(20)10-14/h2-4,7-10,15H,5-6,11-12H2,1H3. The molecule has 1 aliphatic carbocycles. The van der Waals surface area contributed by atoms with E-state index in [1.807, 2.05) is 24.3 Å². The van der Waals surface area contributed by atoms with Crippen molar-refractivity contribution >= 4 is 0 Å². The lowest BCUT2D eigenvalue weighted by Crippen LogP contribution is -2.25. The van der Waals surface area contributed by atoms with E-state index in [4.69, 9.17) is 4.74 Å². The van der Waals surface area contributed by atoms with Crippen LogP contribution in [0.1, 0.15) is 24.0 Å². The van der Waals surface area contributed by atoms with Crippen molar-refractivity contribution in [2.24, 2.45) is 0 Å². The summed E-state index contributed by atoms with van der Waals surface area (Å²) in [5.41, 5.74) is 1.99. The molecule has 0 amide bonds. The number of benzene rings is 2. The van der Waals surface area contributed by atoms with E-state index in [-0.39, 0.29) is 0 Å². The van der Waals surface area contributed by atoms with Crippen molar-refractivity contribution in [3.05, 3.63) is 65.2 Å². The molecule has 1 aliphatic rings. The van der Waals surface area contributed by atoms with E-state index in [1.165, 1.54) is 30.5 Å². The van der Waals surface area contributed by atoms with Gasteiger partial charge in [-0.1, -0.05) is 18.2 Å². The summed E-state index contributed by atoms with van der Waals surface area (Å²) in [6, 6.07) is 12.6. The van der Waals surface area contributed by atoms with Crippen molar-refractivity contribution in [3.8, 4) is 5.75 Å². The molecule has 1 saturated carbocycles. The zero-order chi connectivity index (χ0) is 15.5. The van der Waals surface area contributed by atoms with Crippen LogP contribution in [0.4, 0.5) is 8.78 Å². The van der Waals surface area contributed by atoms with E-state index in [0.717, 1.165) is 17.9 Å². The molecule has 1 fully saturated rings. The van der Waals surface area contributed by atoms with Crippen molar-refractivity contribution < 1.29 is 13.5 Å². The van der Waals surface area contributed by atoms with E-state index in [9.17, 15) is 8.78 Å². The third-order valence-corrected chi connectivity index (χ3v) is 3.98. The lowest BCUT2D eigenvalue weighted by Gasteiger charge is -2.22. The highest BCUT2D eigenvalue weighted by Gasteiger charge is 2.29. The van der Waals surface area contributed by atoms with Gasteiger partial charge < -0.3 is 4.74 Å². The molecule has 0 spiro atoms. The SMILES string of the molecule is COc1ccc(CN(Cc2ccc(F)c(F)c2)C2CC2)cc1. The number of hydrogen-bond donors (Lipinski definition) is 0. The van der Waals surface area contributed by atoms with Crippen LogP contribution in [0, 0.1) is 11.6 Å². The Morgan fingerprint density at radius 2 is 1.59 bits per heavy atom. The number of nitrogens with zero attached hydrogens (tertiary/aromatic N) is 1. The van der Waals surface area contributed by atoms with Gasteiger partial charge in [0, 0.05) is 19.1 Å². The Morgan fingerprint density at radius 1 is 0.955 bits per heavy atom. The Morgan fingerprint density at radius 3 is 2.18 bits per heavy atom. The summed E-state index contributed by atoms with van der Waals surface area (Å²) in [6.07, 6.45) is 2.33. The van der Waals surface area contributed by atoms with Gasteiger partial charge in [0.2, 0.25) is 0 Å². The minimum atomic E-state index is -0.795. The Labute approximate surface area is 129 Å². The second-order valence-corrected chi connectivity index (χ2v) is 5.73. The van der Waals surface area contributed by atoms with Crippen LogP contribution in [-0.2, 0) is 13.1 Å². The second-order valence-electron chi connectivity index (χ2n) is 5.73. The maximum absolute atomic E-state index is 13.3. The van der Waals surface area contributed by atoms with Gasteiger partial charge in [-0.2, -0.15) is 0 Å². The quantitative estimate of drug-likeness (QED) is 0.795.